The first-order valence-electron chi connectivity index (χ1n) is 7.34. The fourth-order valence-electron chi connectivity index (χ4n) is 2.37. The normalized spacial score (nSPS) is 13.6. The van der Waals surface area contributed by atoms with Crippen LogP contribution in [0.15, 0.2) is 6.20 Å². The van der Waals surface area contributed by atoms with Gasteiger partial charge in [0.15, 0.2) is 5.75 Å². The van der Waals surface area contributed by atoms with Gasteiger partial charge in [0.1, 0.15) is 0 Å². The summed E-state index contributed by atoms with van der Waals surface area (Å²) >= 11 is 0. The van der Waals surface area contributed by atoms with Crippen molar-refractivity contribution < 1.29 is 4.74 Å². The molecule has 0 spiro atoms. The second-order valence-corrected chi connectivity index (χ2v) is 5.65. The van der Waals surface area contributed by atoms with E-state index in [1.165, 1.54) is 5.69 Å². The molecule has 19 heavy (non-hydrogen) atoms. The lowest BCUT2D eigenvalue weighted by atomic mass is 9.80. The van der Waals surface area contributed by atoms with Crippen LogP contribution < -0.4 is 10.1 Å². The van der Waals surface area contributed by atoms with E-state index < -0.39 is 0 Å². The third-order valence-electron chi connectivity index (χ3n) is 3.87. The highest BCUT2D eigenvalue weighted by Gasteiger charge is 2.33. The average molecular weight is 267 g/mol. The summed E-state index contributed by atoms with van der Waals surface area (Å²) in [4.78, 5) is 0. The van der Waals surface area contributed by atoms with Gasteiger partial charge in [0.2, 0.25) is 0 Å². The van der Waals surface area contributed by atoms with Gasteiger partial charge in [-0.1, -0.05) is 34.6 Å². The Kier molecular flexibility index (Phi) is 5.85. The van der Waals surface area contributed by atoms with E-state index in [1.54, 1.807) is 7.11 Å². The number of hydrogen-bond donors (Lipinski definition) is 1. The summed E-state index contributed by atoms with van der Waals surface area (Å²) in [6, 6.07) is 0.256. The van der Waals surface area contributed by atoms with Crippen LogP contribution in [-0.2, 0) is 6.54 Å². The Labute approximate surface area is 117 Å². The zero-order chi connectivity index (χ0) is 14.5. The smallest absolute Gasteiger partial charge is 0.161 e. The van der Waals surface area contributed by atoms with Crippen molar-refractivity contribution in [2.75, 3.05) is 13.7 Å². The largest absolute Gasteiger partial charge is 0.493 e. The van der Waals surface area contributed by atoms with Crippen molar-refractivity contribution in [3.05, 3.63) is 11.9 Å². The molecule has 110 valence electrons. The first-order chi connectivity index (χ1) is 9.01. The van der Waals surface area contributed by atoms with E-state index in [4.69, 9.17) is 4.74 Å². The minimum atomic E-state index is 0.162. The van der Waals surface area contributed by atoms with Crippen LogP contribution in [0.3, 0.4) is 0 Å². The van der Waals surface area contributed by atoms with Crippen molar-refractivity contribution in [1.29, 1.82) is 0 Å². The number of methoxy groups -OCH3 is 1. The highest BCUT2D eigenvalue weighted by Crippen LogP contribution is 2.40. The number of nitrogens with one attached hydrogen (secondary N) is 1. The summed E-state index contributed by atoms with van der Waals surface area (Å²) in [6.07, 6.45) is 4.01. The standard InChI is InChI=1S/C15H29N3O/c1-7-10-18-13(12(19-6)11-17-18)14(16-9-3)15(4,5)8-2/h11,14,16H,7-10H2,1-6H3. The Morgan fingerprint density at radius 3 is 2.53 bits per heavy atom. The molecule has 0 aromatic carbocycles. The van der Waals surface area contributed by atoms with E-state index in [0.29, 0.717) is 0 Å². The van der Waals surface area contributed by atoms with E-state index in [0.717, 1.165) is 31.7 Å². The van der Waals surface area contributed by atoms with E-state index in [9.17, 15) is 0 Å². The predicted molar refractivity (Wildman–Crippen MR) is 79.6 cm³/mol. The number of nitrogens with zero attached hydrogens (tertiary/aromatic N) is 2. The summed E-state index contributed by atoms with van der Waals surface area (Å²) in [5.41, 5.74) is 1.34. The minimum absolute atomic E-state index is 0.162. The predicted octanol–water partition coefficient (Wildman–Crippen LogP) is 3.39. The van der Waals surface area contributed by atoms with Crippen LogP contribution in [0.4, 0.5) is 0 Å². The van der Waals surface area contributed by atoms with Gasteiger partial charge in [0.25, 0.3) is 0 Å². The average Bonchev–Trinajstić information content (AvgIpc) is 2.79. The molecule has 0 saturated heterocycles. The molecule has 4 heteroatoms. The molecule has 4 nitrogen and oxygen atoms in total. The lowest BCUT2D eigenvalue weighted by molar-refractivity contribution is 0.220. The van der Waals surface area contributed by atoms with Crippen LogP contribution in [0.1, 0.15) is 59.2 Å². The maximum Gasteiger partial charge on any atom is 0.161 e. The van der Waals surface area contributed by atoms with Crippen LogP contribution in [-0.4, -0.2) is 23.4 Å². The molecule has 0 aliphatic carbocycles. The van der Waals surface area contributed by atoms with Crippen LogP contribution in [0.5, 0.6) is 5.75 Å². The molecule has 0 radical (unpaired) electrons. The van der Waals surface area contributed by atoms with Gasteiger partial charge in [0, 0.05) is 6.54 Å². The number of ether oxygens (including phenoxy) is 1. The Hall–Kier alpha value is -1.03. The maximum absolute atomic E-state index is 5.52. The molecule has 1 aromatic heterocycles. The van der Waals surface area contributed by atoms with Gasteiger partial charge >= 0.3 is 0 Å². The number of hydrogen-bond acceptors (Lipinski definition) is 3. The Balaban J connectivity index is 3.23. The van der Waals surface area contributed by atoms with Gasteiger partial charge in [-0.3, -0.25) is 4.68 Å². The van der Waals surface area contributed by atoms with Crippen molar-refractivity contribution >= 4 is 0 Å². The number of rotatable bonds is 8. The van der Waals surface area contributed by atoms with E-state index in [1.807, 2.05) is 6.20 Å². The number of aromatic nitrogens is 2. The summed E-state index contributed by atoms with van der Waals surface area (Å²) in [7, 11) is 1.72. The van der Waals surface area contributed by atoms with E-state index >= 15 is 0 Å². The van der Waals surface area contributed by atoms with Gasteiger partial charge in [-0.15, -0.1) is 0 Å². The molecule has 0 amide bonds. The van der Waals surface area contributed by atoms with Gasteiger partial charge < -0.3 is 10.1 Å². The molecule has 0 aliphatic rings. The summed E-state index contributed by atoms with van der Waals surface area (Å²) in [6.45, 7) is 13.0. The highest BCUT2D eigenvalue weighted by atomic mass is 16.5. The summed E-state index contributed by atoms with van der Waals surface area (Å²) < 4.78 is 7.60. The molecule has 0 saturated carbocycles. The molecule has 1 unspecified atom stereocenters. The van der Waals surface area contributed by atoms with Crippen molar-refractivity contribution in [1.82, 2.24) is 15.1 Å². The lowest BCUT2D eigenvalue weighted by Gasteiger charge is -2.35. The molecule has 1 heterocycles. The molecule has 0 fully saturated rings. The molecule has 1 N–H and O–H groups in total. The van der Waals surface area contributed by atoms with Gasteiger partial charge in [0.05, 0.1) is 25.0 Å². The monoisotopic (exact) mass is 267 g/mol. The molecular weight excluding hydrogens is 238 g/mol. The van der Waals surface area contributed by atoms with Crippen LogP contribution in [0.25, 0.3) is 0 Å². The highest BCUT2D eigenvalue weighted by molar-refractivity contribution is 5.30. The molecule has 1 aromatic rings. The maximum atomic E-state index is 5.52. The molecular formula is C15H29N3O. The SMILES string of the molecule is CCCn1ncc(OC)c1C(NCC)C(C)(C)CC. The molecule has 0 aliphatic heterocycles. The lowest BCUT2D eigenvalue weighted by Crippen LogP contribution is -2.35. The molecule has 1 atom stereocenters. The molecule has 0 bridgehead atoms. The van der Waals surface area contributed by atoms with Crippen molar-refractivity contribution in [3.63, 3.8) is 0 Å². The van der Waals surface area contributed by atoms with Crippen molar-refractivity contribution in [2.45, 2.75) is 60.0 Å². The minimum Gasteiger partial charge on any atom is -0.493 e. The van der Waals surface area contributed by atoms with Gasteiger partial charge in [-0.05, 0) is 24.8 Å². The Morgan fingerprint density at radius 2 is 2.05 bits per heavy atom. The van der Waals surface area contributed by atoms with E-state index in [-0.39, 0.29) is 11.5 Å². The van der Waals surface area contributed by atoms with Crippen molar-refractivity contribution in [2.24, 2.45) is 5.41 Å². The second-order valence-electron chi connectivity index (χ2n) is 5.65. The van der Waals surface area contributed by atoms with Crippen molar-refractivity contribution in [3.8, 4) is 5.75 Å². The van der Waals surface area contributed by atoms with Crippen LogP contribution >= 0.6 is 0 Å². The first-order valence-corrected chi connectivity index (χ1v) is 7.34. The third kappa shape index (κ3) is 3.50. The third-order valence-corrected chi connectivity index (χ3v) is 3.87. The Morgan fingerprint density at radius 1 is 1.37 bits per heavy atom. The van der Waals surface area contributed by atoms with E-state index in [2.05, 4.69) is 49.7 Å². The Bertz CT molecular complexity index is 385. The zero-order valence-corrected chi connectivity index (χ0v) is 13.3. The fourth-order valence-corrected chi connectivity index (χ4v) is 2.37. The van der Waals surface area contributed by atoms with Gasteiger partial charge in [-0.2, -0.15) is 5.10 Å². The molecule has 1 rings (SSSR count). The topological polar surface area (TPSA) is 39.1 Å². The number of aryl methyl sites for hydroxylation is 1. The zero-order valence-electron chi connectivity index (χ0n) is 13.3. The first kappa shape index (κ1) is 16.0. The second kappa shape index (κ2) is 6.94. The van der Waals surface area contributed by atoms with Crippen LogP contribution in [0.2, 0.25) is 0 Å². The fraction of sp³-hybridized carbons (Fsp3) is 0.800. The van der Waals surface area contributed by atoms with Crippen LogP contribution in [0, 0.1) is 5.41 Å². The summed E-state index contributed by atoms with van der Waals surface area (Å²) in [5.74, 6) is 0.890. The quantitative estimate of drug-likeness (QED) is 0.784. The van der Waals surface area contributed by atoms with Gasteiger partial charge in [-0.25, -0.2) is 0 Å². The summed E-state index contributed by atoms with van der Waals surface area (Å²) in [5, 5.41) is 8.09.